The first-order valence-corrected chi connectivity index (χ1v) is 9.18. The van der Waals surface area contributed by atoms with Crippen LogP contribution in [0.3, 0.4) is 0 Å². The molecule has 2 bridgehead atoms. The van der Waals surface area contributed by atoms with Gasteiger partial charge in [0.15, 0.2) is 11.6 Å². The Hall–Kier alpha value is -2.57. The van der Waals surface area contributed by atoms with E-state index in [9.17, 15) is 8.78 Å². The summed E-state index contributed by atoms with van der Waals surface area (Å²) in [5.41, 5.74) is 1.73. The van der Waals surface area contributed by atoms with Gasteiger partial charge in [-0.2, -0.15) is 10.1 Å². The van der Waals surface area contributed by atoms with Crippen LogP contribution < -0.4 is 0 Å². The molecule has 2 heterocycles. The number of hydrogen-bond acceptors (Lipinski definition) is 4. The maximum absolute atomic E-state index is 14.3. The van der Waals surface area contributed by atoms with Crippen LogP contribution in [0, 0.1) is 11.6 Å². The maximum atomic E-state index is 14.3. The molecule has 0 saturated heterocycles. The van der Waals surface area contributed by atoms with Crippen LogP contribution in [0.1, 0.15) is 68.9 Å². The monoisotopic (exact) mass is 370 g/mol. The molecule has 27 heavy (non-hydrogen) atoms. The third kappa shape index (κ3) is 2.23. The second kappa shape index (κ2) is 5.24. The van der Waals surface area contributed by atoms with E-state index in [1.807, 2.05) is 20.8 Å². The number of fused-ring (bicyclic) bond motifs is 5. The summed E-state index contributed by atoms with van der Waals surface area (Å²) in [6.07, 6.45) is 4.53. The Balaban J connectivity index is 1.63. The molecule has 2 atom stereocenters. The molecule has 5 rings (SSSR count). The molecule has 1 saturated carbocycles. The minimum absolute atomic E-state index is 0.219. The van der Waals surface area contributed by atoms with Crippen molar-refractivity contribution in [2.45, 2.75) is 56.8 Å². The Morgan fingerprint density at radius 3 is 2.78 bits per heavy atom. The molecule has 0 amide bonds. The van der Waals surface area contributed by atoms with Crippen LogP contribution in [-0.2, 0) is 10.8 Å². The van der Waals surface area contributed by atoms with Crippen molar-refractivity contribution in [3.05, 3.63) is 59.0 Å². The lowest BCUT2D eigenvalue weighted by Gasteiger charge is -2.23. The fourth-order valence-corrected chi connectivity index (χ4v) is 4.53. The van der Waals surface area contributed by atoms with Crippen molar-refractivity contribution in [3.8, 4) is 5.69 Å². The van der Waals surface area contributed by atoms with Crippen LogP contribution in [-0.4, -0.2) is 19.9 Å². The van der Waals surface area contributed by atoms with Gasteiger partial charge in [-0.3, -0.25) is 0 Å². The normalized spacial score (nSPS) is 23.8. The van der Waals surface area contributed by atoms with Crippen LogP contribution >= 0.6 is 0 Å². The third-order valence-corrected chi connectivity index (χ3v) is 5.86. The molecule has 140 valence electrons. The predicted molar refractivity (Wildman–Crippen MR) is 93.9 cm³/mol. The van der Waals surface area contributed by atoms with E-state index >= 15 is 0 Å². The molecule has 3 aromatic rings. The average Bonchev–Trinajstić information content (AvgIpc) is 3.35. The number of hydrogen-bond donors (Lipinski definition) is 0. The molecule has 0 spiro atoms. The lowest BCUT2D eigenvalue weighted by atomic mass is 9.81. The Kier molecular flexibility index (Phi) is 3.22. The van der Waals surface area contributed by atoms with Crippen molar-refractivity contribution in [2.75, 3.05) is 0 Å². The molecule has 7 heteroatoms. The fourth-order valence-electron chi connectivity index (χ4n) is 4.53. The Labute approximate surface area is 155 Å². The van der Waals surface area contributed by atoms with E-state index in [4.69, 9.17) is 9.51 Å². The zero-order chi connectivity index (χ0) is 19.0. The Bertz CT molecular complexity index is 1050. The molecule has 2 aromatic heterocycles. The van der Waals surface area contributed by atoms with E-state index in [0.717, 1.165) is 36.6 Å². The van der Waals surface area contributed by atoms with Crippen molar-refractivity contribution >= 4 is 0 Å². The number of nitrogens with zero attached hydrogens (tertiary/aromatic N) is 4. The third-order valence-electron chi connectivity index (χ3n) is 5.86. The molecule has 2 aliphatic carbocycles. The van der Waals surface area contributed by atoms with Gasteiger partial charge in [-0.1, -0.05) is 25.9 Å². The summed E-state index contributed by atoms with van der Waals surface area (Å²) in [5.74, 6) is 0.337. The molecule has 1 aromatic carbocycles. The van der Waals surface area contributed by atoms with Crippen molar-refractivity contribution in [2.24, 2.45) is 0 Å². The van der Waals surface area contributed by atoms with E-state index in [0.29, 0.717) is 11.7 Å². The fraction of sp³-hybridized carbons (Fsp3) is 0.450. The molecule has 0 N–H and O–H groups in total. The summed E-state index contributed by atoms with van der Waals surface area (Å²) in [4.78, 5) is 4.70. The van der Waals surface area contributed by atoms with Gasteiger partial charge in [0.05, 0.1) is 17.3 Å². The van der Waals surface area contributed by atoms with Gasteiger partial charge in [-0.15, -0.1) is 0 Å². The van der Waals surface area contributed by atoms with Crippen molar-refractivity contribution in [1.82, 2.24) is 19.9 Å². The highest BCUT2D eigenvalue weighted by molar-refractivity contribution is 5.49. The zero-order valence-electron chi connectivity index (χ0n) is 15.5. The summed E-state index contributed by atoms with van der Waals surface area (Å²) in [6.45, 7) is 6.11. The van der Waals surface area contributed by atoms with Crippen molar-refractivity contribution in [3.63, 3.8) is 0 Å². The van der Waals surface area contributed by atoms with Gasteiger partial charge in [0.1, 0.15) is 11.5 Å². The van der Waals surface area contributed by atoms with Gasteiger partial charge in [-0.05, 0) is 31.4 Å². The summed E-state index contributed by atoms with van der Waals surface area (Å²) < 4.78 is 34.8. The van der Waals surface area contributed by atoms with Gasteiger partial charge in [-0.25, -0.2) is 13.5 Å². The molecular weight excluding hydrogens is 350 g/mol. The minimum atomic E-state index is -0.618. The number of rotatable bonds is 2. The lowest BCUT2D eigenvalue weighted by molar-refractivity contribution is 0.314. The lowest BCUT2D eigenvalue weighted by Crippen LogP contribution is -2.24. The first kappa shape index (κ1) is 16.6. The van der Waals surface area contributed by atoms with Crippen LogP contribution in [0.25, 0.3) is 5.69 Å². The summed E-state index contributed by atoms with van der Waals surface area (Å²) in [5, 5.41) is 8.73. The SMILES string of the molecule is CC(C)(C)c1nc([C@@]23CC[C@H](C2)c2c3cnn2-c2ccc(F)cc2F)no1. The number of benzene rings is 1. The molecule has 0 aliphatic heterocycles. The average molecular weight is 370 g/mol. The van der Waals surface area contributed by atoms with E-state index in [1.165, 1.54) is 12.1 Å². The second-order valence-electron chi connectivity index (χ2n) is 8.65. The topological polar surface area (TPSA) is 56.7 Å². The molecule has 1 fully saturated rings. The molecule has 0 radical (unpaired) electrons. The van der Waals surface area contributed by atoms with Gasteiger partial charge in [0.25, 0.3) is 0 Å². The quantitative estimate of drug-likeness (QED) is 0.671. The Morgan fingerprint density at radius 2 is 2.07 bits per heavy atom. The highest BCUT2D eigenvalue weighted by Crippen LogP contribution is 2.59. The Morgan fingerprint density at radius 1 is 1.26 bits per heavy atom. The van der Waals surface area contributed by atoms with Crippen LogP contribution in [0.15, 0.2) is 28.9 Å². The highest BCUT2D eigenvalue weighted by atomic mass is 19.1. The molecule has 5 nitrogen and oxygen atoms in total. The largest absolute Gasteiger partial charge is 0.339 e. The number of halogens is 2. The van der Waals surface area contributed by atoms with Gasteiger partial charge in [0.2, 0.25) is 5.89 Å². The van der Waals surface area contributed by atoms with Crippen LogP contribution in [0.4, 0.5) is 8.78 Å². The van der Waals surface area contributed by atoms with Crippen LogP contribution in [0.2, 0.25) is 0 Å². The smallest absolute Gasteiger partial charge is 0.232 e. The highest BCUT2D eigenvalue weighted by Gasteiger charge is 2.55. The maximum Gasteiger partial charge on any atom is 0.232 e. The van der Waals surface area contributed by atoms with Gasteiger partial charge in [0, 0.05) is 23.0 Å². The second-order valence-corrected chi connectivity index (χ2v) is 8.65. The first-order chi connectivity index (χ1) is 12.8. The standard InChI is InChI=1S/C20H20F2N4O/c1-19(2,3)18-24-17(25-27-18)20-7-6-11(9-20)16-13(20)10-23-26(16)15-5-4-12(21)8-14(15)22/h4-5,8,10-11H,6-7,9H2,1-3H3/t11-,20+/m1/s1. The summed E-state index contributed by atoms with van der Waals surface area (Å²) in [6, 6.07) is 3.58. The van der Waals surface area contributed by atoms with Crippen molar-refractivity contribution < 1.29 is 13.3 Å². The van der Waals surface area contributed by atoms with E-state index in [2.05, 4.69) is 10.3 Å². The predicted octanol–water partition coefficient (Wildman–Crippen LogP) is 4.40. The zero-order valence-corrected chi connectivity index (χ0v) is 15.5. The summed E-state index contributed by atoms with van der Waals surface area (Å²) in [7, 11) is 0. The molecule has 0 unspecified atom stereocenters. The minimum Gasteiger partial charge on any atom is -0.339 e. The van der Waals surface area contributed by atoms with Crippen molar-refractivity contribution in [1.29, 1.82) is 0 Å². The first-order valence-electron chi connectivity index (χ1n) is 9.18. The van der Waals surface area contributed by atoms with Gasteiger partial charge >= 0.3 is 0 Å². The molecular formula is C20H20F2N4O. The van der Waals surface area contributed by atoms with Crippen LogP contribution in [0.5, 0.6) is 0 Å². The van der Waals surface area contributed by atoms with E-state index in [1.54, 1.807) is 10.9 Å². The van der Waals surface area contributed by atoms with E-state index < -0.39 is 11.6 Å². The van der Waals surface area contributed by atoms with E-state index in [-0.39, 0.29) is 22.4 Å². The van der Waals surface area contributed by atoms with Gasteiger partial charge < -0.3 is 4.52 Å². The summed E-state index contributed by atoms with van der Waals surface area (Å²) >= 11 is 0. The molecule has 2 aliphatic rings. The number of aromatic nitrogens is 4.